The Morgan fingerprint density at radius 1 is 1.32 bits per heavy atom. The molecule has 1 aromatic carbocycles. The minimum Gasteiger partial charge on any atom is -0.483 e. The van der Waals surface area contributed by atoms with E-state index in [1.165, 1.54) is 12.8 Å². The molecule has 3 saturated heterocycles. The van der Waals surface area contributed by atoms with Crippen molar-refractivity contribution in [2.45, 2.75) is 58.1 Å². The summed E-state index contributed by atoms with van der Waals surface area (Å²) in [6.45, 7) is 11.4. The van der Waals surface area contributed by atoms with Crippen LogP contribution in [0.2, 0.25) is 5.02 Å². The van der Waals surface area contributed by atoms with Crippen LogP contribution in [-0.4, -0.2) is 55.2 Å². The lowest BCUT2D eigenvalue weighted by Crippen LogP contribution is -2.57. The summed E-state index contributed by atoms with van der Waals surface area (Å²) in [6, 6.07) is 3.92. The summed E-state index contributed by atoms with van der Waals surface area (Å²) in [7, 11) is 0. The molecule has 3 fully saturated rings. The Morgan fingerprint density at radius 2 is 2.07 bits per heavy atom. The van der Waals surface area contributed by atoms with E-state index < -0.39 is 0 Å². The van der Waals surface area contributed by atoms with E-state index in [0.717, 1.165) is 51.3 Å². The first-order valence-electron chi connectivity index (χ1n) is 10.7. The van der Waals surface area contributed by atoms with Gasteiger partial charge in [0.1, 0.15) is 5.60 Å². The zero-order chi connectivity index (χ0) is 19.9. The van der Waals surface area contributed by atoms with Crippen molar-refractivity contribution in [3.05, 3.63) is 22.7 Å². The Hall–Kier alpha value is -1.46. The van der Waals surface area contributed by atoms with E-state index >= 15 is 0 Å². The number of unbranched alkanes of at least 4 members (excludes halogenated alkanes) is 1. The summed E-state index contributed by atoms with van der Waals surface area (Å²) in [6.07, 6.45) is 4.57. The topological polar surface area (TPSA) is 44.8 Å². The molecular formula is C22H32ClN3O2. The van der Waals surface area contributed by atoms with Crippen molar-refractivity contribution >= 4 is 23.2 Å². The van der Waals surface area contributed by atoms with Gasteiger partial charge in [0.05, 0.1) is 17.8 Å². The number of nitrogens with zero attached hydrogens (tertiary/aromatic N) is 2. The van der Waals surface area contributed by atoms with Gasteiger partial charge in [0.2, 0.25) is 0 Å². The molecule has 1 atom stereocenters. The summed E-state index contributed by atoms with van der Waals surface area (Å²) < 4.78 is 6.32. The van der Waals surface area contributed by atoms with E-state index in [9.17, 15) is 4.79 Å². The molecule has 4 aliphatic heterocycles. The number of carbonyl (C=O) groups is 1. The van der Waals surface area contributed by atoms with Gasteiger partial charge in [0.25, 0.3) is 5.91 Å². The van der Waals surface area contributed by atoms with Crippen LogP contribution in [0.5, 0.6) is 5.75 Å². The molecule has 1 unspecified atom stereocenters. The second kappa shape index (κ2) is 7.75. The number of halogens is 1. The van der Waals surface area contributed by atoms with Crippen LogP contribution in [0.4, 0.5) is 5.69 Å². The highest BCUT2D eigenvalue weighted by Gasteiger charge is 2.38. The normalized spacial score (nSPS) is 27.9. The maximum atomic E-state index is 13.3. The lowest BCUT2D eigenvalue weighted by molar-refractivity contribution is 0.0610. The van der Waals surface area contributed by atoms with Crippen molar-refractivity contribution in [1.29, 1.82) is 0 Å². The summed E-state index contributed by atoms with van der Waals surface area (Å²) >= 11 is 6.43. The molecule has 0 radical (unpaired) electrons. The van der Waals surface area contributed by atoms with E-state index in [1.807, 2.05) is 6.07 Å². The second-order valence-corrected chi connectivity index (χ2v) is 9.59. The number of hydrogen-bond acceptors (Lipinski definition) is 4. The average Bonchev–Trinajstić information content (AvgIpc) is 2.66. The van der Waals surface area contributed by atoms with Crippen molar-refractivity contribution in [2.75, 3.05) is 37.6 Å². The van der Waals surface area contributed by atoms with Gasteiger partial charge in [0.15, 0.2) is 5.75 Å². The second-order valence-electron chi connectivity index (χ2n) is 9.16. The van der Waals surface area contributed by atoms with Gasteiger partial charge in [0, 0.05) is 24.2 Å². The maximum Gasteiger partial charge on any atom is 0.255 e. The van der Waals surface area contributed by atoms with Gasteiger partial charge in [-0.1, -0.05) is 24.9 Å². The van der Waals surface area contributed by atoms with Crippen LogP contribution in [-0.2, 0) is 0 Å². The molecule has 1 aromatic rings. The Kier molecular flexibility index (Phi) is 5.49. The zero-order valence-electron chi connectivity index (χ0n) is 17.3. The summed E-state index contributed by atoms with van der Waals surface area (Å²) in [5, 5.41) is 3.88. The van der Waals surface area contributed by atoms with E-state index in [2.05, 4.69) is 35.9 Å². The standard InChI is InChI=1S/C22H32ClN3O2/c1-4-5-8-26-14-22(2,3)28-20-17(11-16(23)12-19(20)26)21(27)24-18-13-25-9-6-15(18)7-10-25/h11-12,15,18H,4-10,13-14H2,1-3H3,(H,24,27). The highest BCUT2D eigenvalue weighted by Crippen LogP contribution is 2.42. The predicted octanol–water partition coefficient (Wildman–Crippen LogP) is 3.94. The van der Waals surface area contributed by atoms with Crippen LogP contribution < -0.4 is 15.0 Å². The van der Waals surface area contributed by atoms with Crippen molar-refractivity contribution in [3.8, 4) is 5.75 Å². The zero-order valence-corrected chi connectivity index (χ0v) is 18.0. The highest BCUT2D eigenvalue weighted by atomic mass is 35.5. The molecule has 154 valence electrons. The number of ether oxygens (including phenoxy) is 1. The number of piperidine rings is 3. The Balaban J connectivity index is 1.62. The number of nitrogens with one attached hydrogen (secondary N) is 1. The third-order valence-electron chi connectivity index (χ3n) is 6.32. The predicted molar refractivity (Wildman–Crippen MR) is 114 cm³/mol. The smallest absolute Gasteiger partial charge is 0.255 e. The molecule has 0 aliphatic carbocycles. The first-order valence-corrected chi connectivity index (χ1v) is 11.0. The Bertz CT molecular complexity index is 744. The quantitative estimate of drug-likeness (QED) is 0.805. The lowest BCUT2D eigenvalue weighted by atomic mass is 9.84. The van der Waals surface area contributed by atoms with Crippen LogP contribution in [0.15, 0.2) is 12.1 Å². The number of amides is 1. The fraction of sp³-hybridized carbons (Fsp3) is 0.682. The molecule has 28 heavy (non-hydrogen) atoms. The number of carbonyl (C=O) groups excluding carboxylic acids is 1. The van der Waals surface area contributed by atoms with Gasteiger partial charge in [-0.2, -0.15) is 0 Å². The summed E-state index contributed by atoms with van der Waals surface area (Å²) in [5.74, 6) is 1.20. The van der Waals surface area contributed by atoms with Crippen LogP contribution in [0, 0.1) is 5.92 Å². The number of rotatable bonds is 5. The summed E-state index contributed by atoms with van der Waals surface area (Å²) in [5.41, 5.74) is 1.16. The Labute approximate surface area is 173 Å². The Morgan fingerprint density at radius 3 is 2.71 bits per heavy atom. The number of fused-ring (bicyclic) bond motifs is 4. The maximum absolute atomic E-state index is 13.3. The van der Waals surface area contributed by atoms with Gasteiger partial charge in [-0.3, -0.25) is 4.79 Å². The van der Waals surface area contributed by atoms with Crippen LogP contribution in [0.25, 0.3) is 0 Å². The number of benzene rings is 1. The van der Waals surface area contributed by atoms with E-state index in [4.69, 9.17) is 16.3 Å². The van der Waals surface area contributed by atoms with Crippen LogP contribution in [0.1, 0.15) is 56.8 Å². The number of hydrogen-bond donors (Lipinski definition) is 1. The lowest BCUT2D eigenvalue weighted by Gasteiger charge is -2.45. The van der Waals surface area contributed by atoms with Crippen molar-refractivity contribution in [3.63, 3.8) is 0 Å². The monoisotopic (exact) mass is 405 g/mol. The highest BCUT2D eigenvalue weighted by molar-refractivity contribution is 6.31. The molecule has 4 heterocycles. The first-order chi connectivity index (χ1) is 13.4. The number of anilines is 1. The van der Waals surface area contributed by atoms with Gasteiger partial charge in [-0.05, 0) is 64.3 Å². The van der Waals surface area contributed by atoms with E-state index in [0.29, 0.717) is 22.3 Å². The average molecular weight is 406 g/mol. The third-order valence-corrected chi connectivity index (χ3v) is 6.54. The van der Waals surface area contributed by atoms with Gasteiger partial charge < -0.3 is 19.9 Å². The van der Waals surface area contributed by atoms with E-state index in [1.54, 1.807) is 6.07 Å². The first kappa shape index (κ1) is 19.8. The fourth-order valence-electron chi connectivity index (χ4n) is 4.87. The molecule has 6 heteroatoms. The molecule has 4 aliphatic rings. The van der Waals surface area contributed by atoms with E-state index in [-0.39, 0.29) is 17.6 Å². The molecule has 5 rings (SSSR count). The minimum atomic E-state index is -0.348. The fourth-order valence-corrected chi connectivity index (χ4v) is 5.08. The SMILES string of the molecule is CCCCN1CC(C)(C)Oc2c(C(=O)NC3CN4CCC3CC4)cc(Cl)cc21. The van der Waals surface area contributed by atoms with Crippen LogP contribution >= 0.6 is 11.6 Å². The molecule has 0 saturated carbocycles. The summed E-state index contributed by atoms with van der Waals surface area (Å²) in [4.78, 5) is 18.0. The van der Waals surface area contributed by atoms with Gasteiger partial charge in [-0.15, -0.1) is 0 Å². The molecule has 1 amide bonds. The van der Waals surface area contributed by atoms with Crippen molar-refractivity contribution in [1.82, 2.24) is 10.2 Å². The van der Waals surface area contributed by atoms with Crippen molar-refractivity contribution in [2.24, 2.45) is 5.92 Å². The molecule has 5 nitrogen and oxygen atoms in total. The molecule has 1 N–H and O–H groups in total. The molecular weight excluding hydrogens is 374 g/mol. The molecule has 0 aromatic heterocycles. The molecule has 2 bridgehead atoms. The van der Waals surface area contributed by atoms with Gasteiger partial charge >= 0.3 is 0 Å². The van der Waals surface area contributed by atoms with Crippen molar-refractivity contribution < 1.29 is 9.53 Å². The molecule has 0 spiro atoms. The van der Waals surface area contributed by atoms with Gasteiger partial charge in [-0.25, -0.2) is 0 Å². The largest absolute Gasteiger partial charge is 0.483 e. The third kappa shape index (κ3) is 3.97. The minimum absolute atomic E-state index is 0.0642. The van der Waals surface area contributed by atoms with Crippen LogP contribution in [0.3, 0.4) is 0 Å².